The number of aryl methyl sites for hydroxylation is 1. The van der Waals surface area contributed by atoms with Crippen molar-refractivity contribution in [3.63, 3.8) is 0 Å². The molecule has 2 aliphatic rings. The number of aliphatic hydroxyl groups excluding tert-OH is 1. The van der Waals surface area contributed by atoms with Crippen LogP contribution in [0.2, 0.25) is 0 Å². The minimum absolute atomic E-state index is 0.0162. The molecule has 0 spiro atoms. The summed E-state index contributed by atoms with van der Waals surface area (Å²) in [6.07, 6.45) is 1.44. The lowest BCUT2D eigenvalue weighted by Crippen LogP contribution is -2.67. The highest BCUT2D eigenvalue weighted by atomic mass is 32.2. The second kappa shape index (κ2) is 10.3. The number of sulfonamides is 1. The first-order chi connectivity index (χ1) is 17.8. The van der Waals surface area contributed by atoms with E-state index in [2.05, 4.69) is 54.3 Å². The Hall–Kier alpha value is -3.11. The Labute approximate surface area is 217 Å². The highest BCUT2D eigenvalue weighted by Crippen LogP contribution is 2.43. The fourth-order valence-electron chi connectivity index (χ4n) is 5.81. The van der Waals surface area contributed by atoms with E-state index in [-0.39, 0.29) is 36.0 Å². The summed E-state index contributed by atoms with van der Waals surface area (Å²) in [7, 11) is -4.07. The number of hydrogen-bond acceptors (Lipinski definition) is 6. The number of rotatable bonds is 6. The normalized spacial score (nSPS) is 22.9. The summed E-state index contributed by atoms with van der Waals surface area (Å²) < 4.78 is 28.7. The molecule has 3 aromatic carbocycles. The molecule has 2 fully saturated rings. The van der Waals surface area contributed by atoms with Crippen molar-refractivity contribution in [3.05, 3.63) is 94.0 Å². The van der Waals surface area contributed by atoms with Crippen molar-refractivity contribution in [3.8, 4) is 11.1 Å². The number of para-hydroxylation sites is 1. The number of fused-ring (bicyclic) bond motifs is 1. The summed E-state index contributed by atoms with van der Waals surface area (Å²) in [4.78, 5) is 12.8. The number of nitro benzene ring substituents is 1. The Balaban J connectivity index is 1.45. The van der Waals surface area contributed by atoms with Crippen LogP contribution in [-0.2, 0) is 10.0 Å². The van der Waals surface area contributed by atoms with Crippen LogP contribution in [0.5, 0.6) is 0 Å². The molecule has 37 heavy (non-hydrogen) atoms. The maximum absolute atomic E-state index is 13.6. The molecule has 2 heterocycles. The third-order valence-electron chi connectivity index (χ3n) is 7.66. The van der Waals surface area contributed by atoms with Crippen LogP contribution >= 0.6 is 0 Å². The molecule has 8 nitrogen and oxygen atoms in total. The largest absolute Gasteiger partial charge is 0.395 e. The summed E-state index contributed by atoms with van der Waals surface area (Å²) in [5.74, 6) is -0.0434. The van der Waals surface area contributed by atoms with Crippen LogP contribution < -0.4 is 0 Å². The number of aliphatic hydroxyl groups is 1. The average Bonchev–Trinajstić information content (AvgIpc) is 2.88. The molecule has 2 aliphatic heterocycles. The van der Waals surface area contributed by atoms with E-state index in [9.17, 15) is 23.6 Å². The molecule has 194 valence electrons. The molecule has 0 amide bonds. The van der Waals surface area contributed by atoms with Crippen molar-refractivity contribution in [2.24, 2.45) is 0 Å². The highest BCUT2D eigenvalue weighted by molar-refractivity contribution is 7.89. The van der Waals surface area contributed by atoms with Crippen molar-refractivity contribution >= 4 is 15.7 Å². The molecule has 2 saturated heterocycles. The number of nitrogens with zero attached hydrogens (tertiary/aromatic N) is 3. The monoisotopic (exact) mass is 521 g/mol. The van der Waals surface area contributed by atoms with Crippen LogP contribution in [-0.4, -0.2) is 66.0 Å². The predicted molar refractivity (Wildman–Crippen MR) is 142 cm³/mol. The van der Waals surface area contributed by atoms with E-state index in [4.69, 9.17) is 0 Å². The van der Waals surface area contributed by atoms with E-state index in [1.807, 2.05) is 6.07 Å². The number of nitro groups is 1. The Bertz CT molecular complexity index is 1390. The second-order valence-electron chi connectivity index (χ2n) is 9.87. The first-order valence-electron chi connectivity index (χ1n) is 12.6. The van der Waals surface area contributed by atoms with Gasteiger partial charge in [0, 0.05) is 37.2 Å². The summed E-state index contributed by atoms with van der Waals surface area (Å²) in [5.41, 5.74) is 4.06. The van der Waals surface area contributed by atoms with Crippen molar-refractivity contribution in [2.75, 3.05) is 26.2 Å². The third-order valence-corrected chi connectivity index (χ3v) is 9.57. The fourth-order valence-corrected chi connectivity index (χ4v) is 7.47. The van der Waals surface area contributed by atoms with Gasteiger partial charge >= 0.3 is 0 Å². The van der Waals surface area contributed by atoms with Crippen molar-refractivity contribution < 1.29 is 18.4 Å². The van der Waals surface area contributed by atoms with Gasteiger partial charge < -0.3 is 5.11 Å². The molecule has 0 radical (unpaired) electrons. The van der Waals surface area contributed by atoms with E-state index in [1.54, 1.807) is 0 Å². The van der Waals surface area contributed by atoms with Crippen LogP contribution in [0, 0.1) is 17.0 Å². The molecular weight excluding hydrogens is 490 g/mol. The van der Waals surface area contributed by atoms with E-state index in [0.717, 1.165) is 29.7 Å². The van der Waals surface area contributed by atoms with Gasteiger partial charge in [0.05, 0.1) is 11.5 Å². The van der Waals surface area contributed by atoms with Crippen LogP contribution in [0.25, 0.3) is 11.1 Å². The van der Waals surface area contributed by atoms with E-state index in [0.29, 0.717) is 13.0 Å². The Kier molecular flexibility index (Phi) is 7.13. The molecule has 1 N–H and O–H groups in total. The van der Waals surface area contributed by atoms with Crippen molar-refractivity contribution in [1.82, 2.24) is 9.21 Å². The average molecular weight is 522 g/mol. The van der Waals surface area contributed by atoms with Gasteiger partial charge in [0.15, 0.2) is 4.90 Å². The summed E-state index contributed by atoms with van der Waals surface area (Å²) in [5, 5.41) is 21.8. The van der Waals surface area contributed by atoms with Crippen LogP contribution in [0.4, 0.5) is 5.69 Å². The number of benzene rings is 3. The topological polar surface area (TPSA) is 104 Å². The molecule has 0 unspecified atom stereocenters. The molecule has 3 aromatic rings. The first-order valence-corrected chi connectivity index (χ1v) is 14.0. The molecular formula is C28H31N3O5S. The zero-order valence-corrected chi connectivity index (χ0v) is 21.5. The maximum atomic E-state index is 13.6. The lowest BCUT2D eigenvalue weighted by molar-refractivity contribution is -0.387. The van der Waals surface area contributed by atoms with Gasteiger partial charge in [-0.15, -0.1) is 0 Å². The van der Waals surface area contributed by atoms with E-state index < -0.39 is 20.6 Å². The lowest BCUT2D eigenvalue weighted by Gasteiger charge is -2.57. The maximum Gasteiger partial charge on any atom is 0.289 e. The summed E-state index contributed by atoms with van der Waals surface area (Å²) in [6, 6.07) is 21.9. The van der Waals surface area contributed by atoms with Gasteiger partial charge in [-0.2, -0.15) is 4.31 Å². The molecule has 9 heteroatoms. The minimum atomic E-state index is -4.07. The Morgan fingerprint density at radius 3 is 2.41 bits per heavy atom. The summed E-state index contributed by atoms with van der Waals surface area (Å²) in [6.45, 7) is 3.35. The molecule has 0 aliphatic carbocycles. The quantitative estimate of drug-likeness (QED) is 0.386. The Morgan fingerprint density at radius 2 is 1.70 bits per heavy atom. The van der Waals surface area contributed by atoms with Gasteiger partial charge in [0.1, 0.15) is 0 Å². The molecule has 0 bridgehead atoms. The van der Waals surface area contributed by atoms with Gasteiger partial charge in [0.25, 0.3) is 5.69 Å². The smallest absolute Gasteiger partial charge is 0.289 e. The number of hydrogen-bond donors (Lipinski definition) is 1. The zero-order valence-electron chi connectivity index (χ0n) is 20.7. The van der Waals surface area contributed by atoms with E-state index >= 15 is 0 Å². The van der Waals surface area contributed by atoms with Crippen molar-refractivity contribution in [1.29, 1.82) is 0 Å². The van der Waals surface area contributed by atoms with Gasteiger partial charge in [-0.3, -0.25) is 15.0 Å². The molecule has 0 aromatic heterocycles. The van der Waals surface area contributed by atoms with Gasteiger partial charge in [-0.25, -0.2) is 8.42 Å². The fraction of sp³-hybridized carbons (Fsp3) is 0.357. The predicted octanol–water partition coefficient (Wildman–Crippen LogP) is 4.18. The zero-order chi connectivity index (χ0) is 26.2. The SMILES string of the molecule is Cc1cccc(-c2ccc([C@@H]3[C@@H](CO)N4CCCCN(S(=O)(=O)c5ccccc5[N+](=O)[O-])C[C@@H]34)cc2)c1. The van der Waals surface area contributed by atoms with Crippen LogP contribution in [0.3, 0.4) is 0 Å². The van der Waals surface area contributed by atoms with Crippen molar-refractivity contribution in [2.45, 2.75) is 42.7 Å². The van der Waals surface area contributed by atoms with Crippen LogP contribution in [0.15, 0.2) is 77.7 Å². The molecule has 5 rings (SSSR count). The first kappa shape index (κ1) is 25.5. The minimum Gasteiger partial charge on any atom is -0.395 e. The highest BCUT2D eigenvalue weighted by Gasteiger charge is 2.50. The lowest BCUT2D eigenvalue weighted by atomic mass is 9.74. The summed E-state index contributed by atoms with van der Waals surface area (Å²) >= 11 is 0. The molecule has 3 atom stereocenters. The van der Waals surface area contributed by atoms with Gasteiger partial charge in [0.2, 0.25) is 10.0 Å². The third kappa shape index (κ3) is 4.80. The molecule has 0 saturated carbocycles. The van der Waals surface area contributed by atoms with Gasteiger partial charge in [-0.05, 0) is 49.1 Å². The van der Waals surface area contributed by atoms with Gasteiger partial charge in [-0.1, -0.05) is 66.2 Å². The van der Waals surface area contributed by atoms with Crippen LogP contribution in [0.1, 0.15) is 29.9 Å². The Morgan fingerprint density at radius 1 is 0.973 bits per heavy atom. The van der Waals surface area contributed by atoms with E-state index in [1.165, 1.54) is 34.1 Å². The standard InChI is InChI=1S/C28H31N3O5S/c1-20-7-6-8-23(17-20)21-11-13-22(14-12-21)28-25-18-29(15-4-5-16-30(25)26(28)19-32)37(35,36)27-10-3-2-9-24(27)31(33)34/h2-3,6-14,17,25-26,28,32H,4-5,15-16,18-19H2,1H3/t25-,26+,28-/m0/s1. The second-order valence-corrected chi connectivity index (χ2v) is 11.8.